The van der Waals surface area contributed by atoms with Gasteiger partial charge in [-0.25, -0.2) is 0 Å². The molecular weight excluding hydrogens is 299 g/mol. The lowest BCUT2D eigenvalue weighted by Crippen LogP contribution is -2.01. The normalized spacial score (nSPS) is 13.6. The number of rotatable bonds is 4. The van der Waals surface area contributed by atoms with E-state index in [0.717, 1.165) is 0 Å². The fourth-order valence-corrected chi connectivity index (χ4v) is 2.37. The van der Waals surface area contributed by atoms with Gasteiger partial charge in [0.2, 0.25) is 0 Å². The van der Waals surface area contributed by atoms with Gasteiger partial charge < -0.3 is 19.6 Å². The Hall–Kier alpha value is -0.390. The number of aliphatic hydroxyl groups excluding tert-OH is 1. The second kappa shape index (κ2) is 5.29. The maximum absolute atomic E-state index is 10.9. The molecule has 0 aliphatic carbocycles. The van der Waals surface area contributed by atoms with E-state index in [1.807, 2.05) is 0 Å². The van der Waals surface area contributed by atoms with Gasteiger partial charge in [-0.3, -0.25) is 4.57 Å². The largest absolute Gasteiger partial charge is 0.494 e. The Bertz CT molecular complexity index is 416. The number of ether oxygens (including phenoxy) is 1. The van der Waals surface area contributed by atoms with Gasteiger partial charge in [0.1, 0.15) is 5.75 Å². The van der Waals surface area contributed by atoms with Crippen molar-refractivity contribution in [3.8, 4) is 5.75 Å². The van der Waals surface area contributed by atoms with Gasteiger partial charge in [0.05, 0.1) is 6.61 Å². The zero-order chi connectivity index (χ0) is 12.3. The van der Waals surface area contributed by atoms with Crippen molar-refractivity contribution >= 4 is 23.5 Å². The molecule has 16 heavy (non-hydrogen) atoms. The zero-order valence-corrected chi connectivity index (χ0v) is 11.0. The maximum Gasteiger partial charge on any atom is 0.358 e. The van der Waals surface area contributed by atoms with E-state index < -0.39 is 13.4 Å². The predicted molar refractivity (Wildman–Crippen MR) is 62.3 cm³/mol. The minimum atomic E-state index is -4.57. The first kappa shape index (κ1) is 13.7. The Kier molecular flexibility index (Phi) is 4.52. The average Bonchev–Trinajstić information content (AvgIpc) is 2.19. The van der Waals surface area contributed by atoms with Gasteiger partial charge in [0, 0.05) is 10.0 Å². The van der Waals surface area contributed by atoms with Crippen LogP contribution < -0.4 is 4.74 Å². The molecule has 1 atom stereocenters. The molecule has 0 heterocycles. The van der Waals surface area contributed by atoms with Gasteiger partial charge >= 0.3 is 7.60 Å². The van der Waals surface area contributed by atoms with Crippen LogP contribution in [0.15, 0.2) is 22.7 Å². The van der Waals surface area contributed by atoms with Gasteiger partial charge in [0.15, 0.2) is 5.85 Å². The highest BCUT2D eigenvalue weighted by molar-refractivity contribution is 9.10. The zero-order valence-electron chi connectivity index (χ0n) is 8.50. The molecule has 0 bridgehead atoms. The quantitative estimate of drug-likeness (QED) is 0.741. The first-order valence-corrected chi connectivity index (χ1v) is 6.99. The van der Waals surface area contributed by atoms with Crippen LogP contribution in [0.5, 0.6) is 5.75 Å². The van der Waals surface area contributed by atoms with Crippen LogP contribution in [0.25, 0.3) is 0 Å². The third-order valence-electron chi connectivity index (χ3n) is 1.88. The molecule has 1 aromatic carbocycles. The van der Waals surface area contributed by atoms with Crippen LogP contribution >= 0.6 is 23.5 Å². The minimum Gasteiger partial charge on any atom is -0.494 e. The van der Waals surface area contributed by atoms with Crippen molar-refractivity contribution in [2.75, 3.05) is 6.61 Å². The third-order valence-corrected chi connectivity index (χ3v) is 3.51. The molecule has 7 heteroatoms. The summed E-state index contributed by atoms with van der Waals surface area (Å²) in [4.78, 5) is 17.8. The summed E-state index contributed by atoms with van der Waals surface area (Å²) in [5.41, 5.74) is 0.110. The van der Waals surface area contributed by atoms with E-state index in [-0.39, 0.29) is 5.56 Å². The highest BCUT2D eigenvalue weighted by Gasteiger charge is 2.29. The molecule has 0 aliphatic rings. The first-order valence-electron chi connectivity index (χ1n) is 4.51. The van der Waals surface area contributed by atoms with Crippen molar-refractivity contribution in [2.24, 2.45) is 0 Å². The summed E-state index contributed by atoms with van der Waals surface area (Å²) in [5.74, 6) is -1.39. The highest BCUT2D eigenvalue weighted by Crippen LogP contribution is 2.51. The lowest BCUT2D eigenvalue weighted by molar-refractivity contribution is 0.204. The second-order valence-corrected chi connectivity index (χ2v) is 5.60. The second-order valence-electron chi connectivity index (χ2n) is 3.08. The van der Waals surface area contributed by atoms with Gasteiger partial charge in [-0.2, -0.15) is 0 Å². The SMILES string of the molecule is CCOc1ccc(Br)c(C(O)P(=O)(O)O)c1. The Morgan fingerprint density at radius 3 is 2.62 bits per heavy atom. The summed E-state index contributed by atoms with van der Waals surface area (Å²) in [6.07, 6.45) is 0. The molecule has 1 rings (SSSR count). The summed E-state index contributed by atoms with van der Waals surface area (Å²) < 4.78 is 16.5. The molecule has 5 nitrogen and oxygen atoms in total. The minimum absolute atomic E-state index is 0.110. The van der Waals surface area contributed by atoms with E-state index in [4.69, 9.17) is 14.5 Å². The Morgan fingerprint density at radius 1 is 1.50 bits per heavy atom. The van der Waals surface area contributed by atoms with Gasteiger partial charge in [0.25, 0.3) is 0 Å². The number of benzene rings is 1. The highest BCUT2D eigenvalue weighted by atomic mass is 79.9. The van der Waals surface area contributed by atoms with Crippen LogP contribution in [0, 0.1) is 0 Å². The third kappa shape index (κ3) is 3.30. The van der Waals surface area contributed by atoms with Gasteiger partial charge in [-0.15, -0.1) is 0 Å². The molecule has 1 unspecified atom stereocenters. The summed E-state index contributed by atoms with van der Waals surface area (Å²) >= 11 is 3.12. The number of hydrogen-bond donors (Lipinski definition) is 3. The fraction of sp³-hybridized carbons (Fsp3) is 0.333. The van der Waals surface area contributed by atoms with Crippen LogP contribution in [-0.4, -0.2) is 21.5 Å². The molecule has 0 saturated carbocycles. The van der Waals surface area contributed by atoms with E-state index in [9.17, 15) is 9.67 Å². The van der Waals surface area contributed by atoms with E-state index in [1.54, 1.807) is 19.1 Å². The Labute approximate surface area is 101 Å². The molecule has 0 spiro atoms. The standard InChI is InChI=1S/C9H12BrO5P/c1-2-15-6-3-4-8(10)7(5-6)9(11)16(12,13)14/h3-5,9,11H,2H2,1H3,(H2,12,13,14). The molecule has 0 amide bonds. The van der Waals surface area contributed by atoms with Crippen molar-refractivity contribution < 1.29 is 24.2 Å². The molecule has 0 fully saturated rings. The molecule has 0 aliphatic heterocycles. The summed E-state index contributed by atoms with van der Waals surface area (Å²) in [6, 6.07) is 4.61. The summed E-state index contributed by atoms with van der Waals surface area (Å²) in [7, 11) is -4.57. The van der Waals surface area contributed by atoms with Crippen LogP contribution in [0.3, 0.4) is 0 Å². The smallest absolute Gasteiger partial charge is 0.358 e. The number of halogens is 1. The number of hydrogen-bond acceptors (Lipinski definition) is 3. The van der Waals surface area contributed by atoms with Crippen molar-refractivity contribution in [1.29, 1.82) is 0 Å². The average molecular weight is 311 g/mol. The molecule has 0 radical (unpaired) electrons. The van der Waals surface area contributed by atoms with Crippen molar-refractivity contribution in [1.82, 2.24) is 0 Å². The Balaban J connectivity index is 3.12. The molecule has 90 valence electrons. The summed E-state index contributed by atoms with van der Waals surface area (Å²) in [5, 5.41) is 9.48. The predicted octanol–water partition coefficient (Wildman–Crippen LogP) is 2.02. The van der Waals surface area contributed by atoms with Crippen molar-refractivity contribution in [3.05, 3.63) is 28.2 Å². The summed E-state index contributed by atoms with van der Waals surface area (Å²) in [6.45, 7) is 2.23. The van der Waals surface area contributed by atoms with Gasteiger partial charge in [-0.05, 0) is 25.1 Å². The van der Waals surface area contributed by atoms with E-state index in [0.29, 0.717) is 16.8 Å². The number of aliphatic hydroxyl groups is 1. The maximum atomic E-state index is 10.9. The molecule has 0 aromatic heterocycles. The van der Waals surface area contributed by atoms with E-state index >= 15 is 0 Å². The van der Waals surface area contributed by atoms with Gasteiger partial charge in [-0.1, -0.05) is 15.9 Å². The van der Waals surface area contributed by atoms with Crippen molar-refractivity contribution in [2.45, 2.75) is 12.8 Å². The van der Waals surface area contributed by atoms with Crippen LogP contribution in [0.2, 0.25) is 0 Å². The molecular formula is C9H12BrO5P. The van der Waals surface area contributed by atoms with Crippen LogP contribution in [0.4, 0.5) is 0 Å². The van der Waals surface area contributed by atoms with Crippen molar-refractivity contribution in [3.63, 3.8) is 0 Å². The van der Waals surface area contributed by atoms with Crippen LogP contribution in [-0.2, 0) is 4.57 Å². The lowest BCUT2D eigenvalue weighted by Gasteiger charge is -2.15. The first-order chi connectivity index (χ1) is 7.36. The lowest BCUT2D eigenvalue weighted by atomic mass is 10.2. The Morgan fingerprint density at radius 2 is 2.12 bits per heavy atom. The van der Waals surface area contributed by atoms with E-state index in [2.05, 4.69) is 15.9 Å². The molecule has 3 N–H and O–H groups in total. The van der Waals surface area contributed by atoms with Crippen LogP contribution in [0.1, 0.15) is 18.3 Å². The van der Waals surface area contributed by atoms with E-state index in [1.165, 1.54) is 6.07 Å². The topological polar surface area (TPSA) is 87.0 Å². The monoisotopic (exact) mass is 310 g/mol. The molecule has 0 saturated heterocycles. The molecule has 1 aromatic rings. The fourth-order valence-electron chi connectivity index (χ4n) is 1.16.